The van der Waals surface area contributed by atoms with E-state index in [1.54, 1.807) is 0 Å². The fourth-order valence-corrected chi connectivity index (χ4v) is 5.10. The number of rotatable bonds is 5. The third-order valence-corrected chi connectivity index (χ3v) is 7.00. The first-order chi connectivity index (χ1) is 13.8. The Morgan fingerprint density at radius 3 is 2.41 bits per heavy atom. The van der Waals surface area contributed by atoms with E-state index in [-0.39, 0.29) is 21.2 Å². The first-order valence-electron chi connectivity index (χ1n) is 9.27. The van der Waals surface area contributed by atoms with Crippen LogP contribution in [0.1, 0.15) is 36.0 Å². The van der Waals surface area contributed by atoms with Gasteiger partial charge in [-0.2, -0.15) is 4.31 Å². The summed E-state index contributed by atoms with van der Waals surface area (Å²) in [6, 6.07) is 8.03. The van der Waals surface area contributed by atoms with E-state index in [1.165, 1.54) is 41.7 Å². The number of hydrogen-bond acceptors (Lipinski definition) is 4. The van der Waals surface area contributed by atoms with Crippen molar-refractivity contribution in [1.82, 2.24) is 4.31 Å². The molecule has 3 rings (SSSR count). The summed E-state index contributed by atoms with van der Waals surface area (Å²) in [4.78, 5) is 12.6. The van der Waals surface area contributed by atoms with Gasteiger partial charge in [0.2, 0.25) is 10.0 Å². The molecule has 1 fully saturated rings. The minimum absolute atomic E-state index is 0.0494. The lowest BCUT2D eigenvalue weighted by Crippen LogP contribution is -2.32. The van der Waals surface area contributed by atoms with Crippen LogP contribution in [-0.2, 0) is 10.0 Å². The summed E-state index contributed by atoms with van der Waals surface area (Å²) in [5.41, 5.74) is 0.439. The SMILES string of the molecule is COc1ccc(C(=O)Nc2ccc(F)c(Cl)c2)cc1S(=O)(=O)N1CCCCCC1. The number of nitrogens with zero attached hydrogens (tertiary/aromatic N) is 1. The molecule has 6 nitrogen and oxygen atoms in total. The molecule has 0 unspecified atom stereocenters. The zero-order valence-corrected chi connectivity index (χ0v) is 17.5. The van der Waals surface area contributed by atoms with Gasteiger partial charge in [0.25, 0.3) is 5.91 Å². The zero-order valence-electron chi connectivity index (χ0n) is 16.0. The second-order valence-electron chi connectivity index (χ2n) is 6.77. The molecule has 0 saturated carbocycles. The molecule has 9 heteroatoms. The second kappa shape index (κ2) is 9.11. The first kappa shape index (κ1) is 21.5. The molecule has 0 atom stereocenters. The van der Waals surface area contributed by atoms with Crippen LogP contribution in [0.2, 0.25) is 5.02 Å². The lowest BCUT2D eigenvalue weighted by molar-refractivity contribution is 0.102. The Hall–Kier alpha value is -2.16. The predicted molar refractivity (Wildman–Crippen MR) is 110 cm³/mol. The molecule has 0 bridgehead atoms. The number of anilines is 1. The molecule has 0 aromatic heterocycles. The third-order valence-electron chi connectivity index (χ3n) is 4.79. The number of ether oxygens (including phenoxy) is 1. The quantitative estimate of drug-likeness (QED) is 0.751. The van der Waals surface area contributed by atoms with E-state index in [4.69, 9.17) is 16.3 Å². The number of carbonyl (C=O) groups is 1. The highest BCUT2D eigenvalue weighted by molar-refractivity contribution is 7.89. The molecular formula is C20H22ClFN2O4S. The largest absolute Gasteiger partial charge is 0.495 e. The van der Waals surface area contributed by atoms with Gasteiger partial charge in [-0.15, -0.1) is 0 Å². The Balaban J connectivity index is 1.91. The predicted octanol–water partition coefficient (Wildman–Crippen LogP) is 4.30. The maximum atomic E-state index is 13.3. The molecular weight excluding hydrogens is 419 g/mol. The van der Waals surface area contributed by atoms with Gasteiger partial charge >= 0.3 is 0 Å². The normalized spacial score (nSPS) is 15.6. The fraction of sp³-hybridized carbons (Fsp3) is 0.350. The van der Waals surface area contributed by atoms with Gasteiger partial charge in [0.05, 0.1) is 12.1 Å². The van der Waals surface area contributed by atoms with Crippen LogP contribution in [0, 0.1) is 5.82 Å². The summed E-state index contributed by atoms with van der Waals surface area (Å²) in [5, 5.41) is 2.47. The van der Waals surface area contributed by atoms with Crippen LogP contribution in [0.5, 0.6) is 5.75 Å². The standard InChI is InChI=1S/C20H22ClFN2O4S/c1-28-18-9-6-14(20(25)23-15-7-8-17(22)16(21)13-15)12-19(18)29(26,27)24-10-4-2-3-5-11-24/h6-9,12-13H,2-5,10-11H2,1H3,(H,23,25). The van der Waals surface area contributed by atoms with Crippen molar-refractivity contribution in [3.05, 3.63) is 52.8 Å². The van der Waals surface area contributed by atoms with Gasteiger partial charge in [0.15, 0.2) is 0 Å². The van der Waals surface area contributed by atoms with Crippen LogP contribution < -0.4 is 10.1 Å². The molecule has 156 valence electrons. The van der Waals surface area contributed by atoms with Crippen molar-refractivity contribution in [2.45, 2.75) is 30.6 Å². The summed E-state index contributed by atoms with van der Waals surface area (Å²) in [6.07, 6.45) is 3.58. The molecule has 2 aromatic carbocycles. The first-order valence-corrected chi connectivity index (χ1v) is 11.1. The van der Waals surface area contributed by atoms with Crippen molar-refractivity contribution >= 4 is 33.2 Å². The summed E-state index contributed by atoms with van der Waals surface area (Å²) in [6.45, 7) is 0.881. The Morgan fingerprint density at radius 2 is 1.79 bits per heavy atom. The summed E-state index contributed by atoms with van der Waals surface area (Å²) in [5.74, 6) is -0.960. The number of amides is 1. The van der Waals surface area contributed by atoms with Crippen LogP contribution >= 0.6 is 11.6 Å². The minimum atomic E-state index is -3.81. The molecule has 2 aromatic rings. The zero-order chi connectivity index (χ0) is 21.0. The van der Waals surface area contributed by atoms with Gasteiger partial charge in [-0.25, -0.2) is 12.8 Å². The highest BCUT2D eigenvalue weighted by Gasteiger charge is 2.29. The molecule has 1 aliphatic rings. The molecule has 1 saturated heterocycles. The summed E-state index contributed by atoms with van der Waals surface area (Å²) < 4.78 is 46.4. The van der Waals surface area contributed by atoms with Gasteiger partial charge in [-0.3, -0.25) is 4.79 Å². The summed E-state index contributed by atoms with van der Waals surface area (Å²) in [7, 11) is -2.43. The number of hydrogen-bond donors (Lipinski definition) is 1. The molecule has 1 amide bonds. The minimum Gasteiger partial charge on any atom is -0.495 e. The van der Waals surface area contributed by atoms with Crippen LogP contribution in [-0.4, -0.2) is 38.8 Å². The molecule has 1 N–H and O–H groups in total. The molecule has 29 heavy (non-hydrogen) atoms. The molecule has 1 aliphatic heterocycles. The lowest BCUT2D eigenvalue weighted by Gasteiger charge is -2.21. The van der Waals surface area contributed by atoms with Gasteiger partial charge in [0.1, 0.15) is 16.5 Å². The van der Waals surface area contributed by atoms with Gasteiger partial charge in [-0.1, -0.05) is 24.4 Å². The Kier molecular flexibility index (Phi) is 6.77. The number of carbonyl (C=O) groups excluding carboxylic acids is 1. The smallest absolute Gasteiger partial charge is 0.255 e. The van der Waals surface area contributed by atoms with E-state index in [1.807, 2.05) is 0 Å². The fourth-order valence-electron chi connectivity index (χ4n) is 3.22. The maximum absolute atomic E-state index is 13.3. The third kappa shape index (κ3) is 4.88. The van der Waals surface area contributed by atoms with E-state index < -0.39 is 21.7 Å². The molecule has 0 radical (unpaired) electrons. The van der Waals surface area contributed by atoms with Crippen molar-refractivity contribution in [3.8, 4) is 5.75 Å². The number of methoxy groups -OCH3 is 1. The number of halogens is 2. The summed E-state index contributed by atoms with van der Waals surface area (Å²) >= 11 is 5.74. The van der Waals surface area contributed by atoms with E-state index in [0.29, 0.717) is 18.8 Å². The second-order valence-corrected chi connectivity index (χ2v) is 9.08. The van der Waals surface area contributed by atoms with Gasteiger partial charge in [0, 0.05) is 24.3 Å². The lowest BCUT2D eigenvalue weighted by atomic mass is 10.2. The van der Waals surface area contributed by atoms with Crippen LogP contribution in [0.4, 0.5) is 10.1 Å². The monoisotopic (exact) mass is 440 g/mol. The van der Waals surface area contributed by atoms with E-state index in [9.17, 15) is 17.6 Å². The van der Waals surface area contributed by atoms with E-state index in [2.05, 4.69) is 5.32 Å². The molecule has 0 spiro atoms. The van der Waals surface area contributed by atoms with Crippen molar-refractivity contribution in [3.63, 3.8) is 0 Å². The van der Waals surface area contributed by atoms with E-state index in [0.717, 1.165) is 31.7 Å². The molecule has 1 heterocycles. The number of sulfonamides is 1. The van der Waals surface area contributed by atoms with Crippen LogP contribution in [0.15, 0.2) is 41.3 Å². The van der Waals surface area contributed by atoms with Crippen molar-refractivity contribution in [2.75, 3.05) is 25.5 Å². The highest BCUT2D eigenvalue weighted by Crippen LogP contribution is 2.30. The van der Waals surface area contributed by atoms with Crippen molar-refractivity contribution in [2.24, 2.45) is 0 Å². The number of benzene rings is 2. The van der Waals surface area contributed by atoms with Crippen molar-refractivity contribution in [1.29, 1.82) is 0 Å². The van der Waals surface area contributed by atoms with Gasteiger partial charge < -0.3 is 10.1 Å². The van der Waals surface area contributed by atoms with Crippen LogP contribution in [0.25, 0.3) is 0 Å². The Bertz CT molecular complexity index is 1010. The maximum Gasteiger partial charge on any atom is 0.255 e. The van der Waals surface area contributed by atoms with E-state index >= 15 is 0 Å². The van der Waals surface area contributed by atoms with Crippen LogP contribution in [0.3, 0.4) is 0 Å². The topological polar surface area (TPSA) is 75.7 Å². The average Bonchev–Trinajstić information content (AvgIpc) is 3.00. The van der Waals surface area contributed by atoms with Gasteiger partial charge in [-0.05, 0) is 49.2 Å². The Labute approximate surface area is 174 Å². The Morgan fingerprint density at radius 1 is 1.10 bits per heavy atom. The molecule has 0 aliphatic carbocycles. The highest BCUT2D eigenvalue weighted by atomic mass is 35.5. The van der Waals surface area contributed by atoms with Crippen molar-refractivity contribution < 1.29 is 22.3 Å². The number of nitrogens with one attached hydrogen (secondary N) is 1. The average molecular weight is 441 g/mol.